The summed E-state index contributed by atoms with van der Waals surface area (Å²) < 4.78 is 10.2. The van der Waals surface area contributed by atoms with E-state index in [1.54, 1.807) is 18.2 Å². The smallest absolute Gasteiger partial charge is 0.323 e. The summed E-state index contributed by atoms with van der Waals surface area (Å²) in [6.45, 7) is 0.539. The molecule has 2 amide bonds. The molecule has 1 unspecified atom stereocenters. The van der Waals surface area contributed by atoms with Crippen molar-refractivity contribution in [1.82, 2.24) is 4.90 Å². The Labute approximate surface area is 145 Å². The van der Waals surface area contributed by atoms with Crippen LogP contribution in [0.4, 0.5) is 5.69 Å². The van der Waals surface area contributed by atoms with Crippen LogP contribution in [0.2, 0.25) is 0 Å². The Morgan fingerprint density at radius 1 is 1.40 bits per heavy atom. The number of hydrogen-bond donors (Lipinski definition) is 2. The molecule has 0 bridgehead atoms. The highest BCUT2D eigenvalue weighted by molar-refractivity contribution is 5.99. The summed E-state index contributed by atoms with van der Waals surface area (Å²) in [6.07, 6.45) is 1.05. The van der Waals surface area contributed by atoms with Crippen molar-refractivity contribution in [3.63, 3.8) is 0 Å². The SMILES string of the molecule is COCCN(CC(=O)O)C(=O)c1cccc(NC(=O)C2CCCO2)c1. The first-order chi connectivity index (χ1) is 12.0. The van der Waals surface area contributed by atoms with Crippen LogP contribution >= 0.6 is 0 Å². The first-order valence-electron chi connectivity index (χ1n) is 8.04. The number of carbonyl (C=O) groups is 3. The Bertz CT molecular complexity index is 627. The van der Waals surface area contributed by atoms with E-state index in [-0.39, 0.29) is 19.1 Å². The number of carbonyl (C=O) groups excluding carboxylic acids is 2. The number of amides is 2. The molecule has 1 fully saturated rings. The summed E-state index contributed by atoms with van der Waals surface area (Å²) in [5.41, 5.74) is 0.760. The third kappa shape index (κ3) is 5.54. The molecular weight excluding hydrogens is 328 g/mol. The normalized spacial score (nSPS) is 16.4. The van der Waals surface area contributed by atoms with Crippen LogP contribution in [0.1, 0.15) is 23.2 Å². The van der Waals surface area contributed by atoms with Gasteiger partial charge in [0.05, 0.1) is 6.61 Å². The van der Waals surface area contributed by atoms with Gasteiger partial charge in [-0.2, -0.15) is 0 Å². The summed E-state index contributed by atoms with van der Waals surface area (Å²) in [5, 5.41) is 11.7. The number of nitrogens with one attached hydrogen (secondary N) is 1. The number of carboxylic acids is 1. The van der Waals surface area contributed by atoms with Crippen LogP contribution in [0.3, 0.4) is 0 Å². The van der Waals surface area contributed by atoms with E-state index in [4.69, 9.17) is 14.6 Å². The summed E-state index contributed by atoms with van der Waals surface area (Å²) in [6, 6.07) is 6.40. The molecule has 8 heteroatoms. The van der Waals surface area contributed by atoms with Gasteiger partial charge in [-0.3, -0.25) is 14.4 Å². The molecule has 1 aliphatic heterocycles. The van der Waals surface area contributed by atoms with Gasteiger partial charge in [0.15, 0.2) is 0 Å². The number of ether oxygens (including phenoxy) is 2. The average Bonchev–Trinajstić information content (AvgIpc) is 3.12. The van der Waals surface area contributed by atoms with E-state index < -0.39 is 24.5 Å². The standard InChI is InChI=1S/C17H22N2O6/c1-24-9-7-19(11-15(20)21)17(23)12-4-2-5-13(10-12)18-16(22)14-6-3-8-25-14/h2,4-5,10,14H,3,6-9,11H2,1H3,(H,18,22)(H,20,21). The van der Waals surface area contributed by atoms with Crippen molar-refractivity contribution in [2.75, 3.05) is 38.7 Å². The predicted molar refractivity (Wildman–Crippen MR) is 89.5 cm³/mol. The van der Waals surface area contributed by atoms with Crippen molar-refractivity contribution in [3.05, 3.63) is 29.8 Å². The number of aliphatic carboxylic acids is 1. The molecule has 1 heterocycles. The second kappa shape index (κ2) is 9.14. The lowest BCUT2D eigenvalue weighted by molar-refractivity contribution is -0.137. The zero-order valence-corrected chi connectivity index (χ0v) is 14.1. The molecule has 2 rings (SSSR count). The highest BCUT2D eigenvalue weighted by atomic mass is 16.5. The van der Waals surface area contributed by atoms with Crippen LogP contribution in [0.5, 0.6) is 0 Å². The molecule has 0 spiro atoms. The molecule has 1 saturated heterocycles. The van der Waals surface area contributed by atoms with Crippen molar-refractivity contribution in [2.24, 2.45) is 0 Å². The molecule has 1 aromatic rings. The Hall–Kier alpha value is -2.45. The van der Waals surface area contributed by atoms with Crippen LogP contribution in [-0.2, 0) is 19.1 Å². The molecule has 2 N–H and O–H groups in total. The first-order valence-corrected chi connectivity index (χ1v) is 8.04. The van der Waals surface area contributed by atoms with Crippen molar-refractivity contribution >= 4 is 23.5 Å². The molecule has 0 radical (unpaired) electrons. The Morgan fingerprint density at radius 2 is 2.20 bits per heavy atom. The molecule has 136 valence electrons. The van der Waals surface area contributed by atoms with Gasteiger partial charge < -0.3 is 24.8 Å². The number of hydrogen-bond acceptors (Lipinski definition) is 5. The molecular formula is C17H22N2O6. The van der Waals surface area contributed by atoms with Gasteiger partial charge in [-0.15, -0.1) is 0 Å². The fraction of sp³-hybridized carbons (Fsp3) is 0.471. The quantitative estimate of drug-likeness (QED) is 0.724. The van der Waals surface area contributed by atoms with Gasteiger partial charge in [0, 0.05) is 31.5 Å². The second-order valence-corrected chi connectivity index (χ2v) is 5.68. The van der Waals surface area contributed by atoms with Gasteiger partial charge in [-0.05, 0) is 31.0 Å². The maximum Gasteiger partial charge on any atom is 0.323 e. The van der Waals surface area contributed by atoms with Gasteiger partial charge in [0.1, 0.15) is 12.6 Å². The van der Waals surface area contributed by atoms with E-state index in [2.05, 4.69) is 5.32 Å². The average molecular weight is 350 g/mol. The summed E-state index contributed by atoms with van der Waals surface area (Å²) >= 11 is 0. The van der Waals surface area contributed by atoms with Gasteiger partial charge in [0.25, 0.3) is 11.8 Å². The molecule has 8 nitrogen and oxygen atoms in total. The van der Waals surface area contributed by atoms with Crippen LogP contribution in [0.15, 0.2) is 24.3 Å². The van der Waals surface area contributed by atoms with Crippen LogP contribution < -0.4 is 5.32 Å². The van der Waals surface area contributed by atoms with Crippen molar-refractivity contribution in [1.29, 1.82) is 0 Å². The van der Waals surface area contributed by atoms with Gasteiger partial charge in [-0.1, -0.05) is 6.07 Å². The number of methoxy groups -OCH3 is 1. The minimum atomic E-state index is -1.10. The van der Waals surface area contributed by atoms with Crippen molar-refractivity contribution in [3.8, 4) is 0 Å². The number of anilines is 1. The van der Waals surface area contributed by atoms with Crippen LogP contribution in [0, 0.1) is 0 Å². The highest BCUT2D eigenvalue weighted by Crippen LogP contribution is 2.17. The lowest BCUT2D eigenvalue weighted by Gasteiger charge is -2.20. The molecule has 0 saturated carbocycles. The summed E-state index contributed by atoms with van der Waals surface area (Å²) in [5.74, 6) is -1.79. The van der Waals surface area contributed by atoms with E-state index in [0.29, 0.717) is 24.3 Å². The van der Waals surface area contributed by atoms with E-state index in [0.717, 1.165) is 6.42 Å². The summed E-state index contributed by atoms with van der Waals surface area (Å²) in [4.78, 5) is 36.8. The lowest BCUT2D eigenvalue weighted by atomic mass is 10.1. The molecule has 0 aromatic heterocycles. The minimum Gasteiger partial charge on any atom is -0.480 e. The van der Waals surface area contributed by atoms with E-state index >= 15 is 0 Å². The zero-order valence-electron chi connectivity index (χ0n) is 14.1. The van der Waals surface area contributed by atoms with Crippen molar-refractivity contribution < 1.29 is 29.0 Å². The molecule has 1 aliphatic rings. The van der Waals surface area contributed by atoms with E-state index in [9.17, 15) is 14.4 Å². The molecule has 25 heavy (non-hydrogen) atoms. The maximum atomic E-state index is 12.6. The number of benzene rings is 1. The molecule has 1 atom stereocenters. The zero-order chi connectivity index (χ0) is 18.2. The van der Waals surface area contributed by atoms with Gasteiger partial charge in [-0.25, -0.2) is 0 Å². The van der Waals surface area contributed by atoms with Crippen molar-refractivity contribution in [2.45, 2.75) is 18.9 Å². The van der Waals surface area contributed by atoms with Crippen LogP contribution in [-0.4, -0.2) is 67.3 Å². The highest BCUT2D eigenvalue weighted by Gasteiger charge is 2.24. The molecule has 0 aliphatic carbocycles. The fourth-order valence-electron chi connectivity index (χ4n) is 2.54. The Kier molecular flexibility index (Phi) is 6.91. The number of carboxylic acid groups (broad SMARTS) is 1. The Balaban J connectivity index is 2.07. The van der Waals surface area contributed by atoms with Gasteiger partial charge in [0.2, 0.25) is 0 Å². The lowest BCUT2D eigenvalue weighted by Crippen LogP contribution is -2.38. The Morgan fingerprint density at radius 3 is 2.84 bits per heavy atom. The summed E-state index contributed by atoms with van der Waals surface area (Å²) in [7, 11) is 1.48. The monoisotopic (exact) mass is 350 g/mol. The third-order valence-electron chi connectivity index (χ3n) is 3.78. The predicted octanol–water partition coefficient (Wildman–Crippen LogP) is 0.977. The second-order valence-electron chi connectivity index (χ2n) is 5.68. The molecule has 1 aromatic carbocycles. The third-order valence-corrected chi connectivity index (χ3v) is 3.78. The first kappa shape index (κ1) is 18.9. The van der Waals surface area contributed by atoms with Gasteiger partial charge >= 0.3 is 5.97 Å². The topological polar surface area (TPSA) is 105 Å². The number of rotatable bonds is 8. The number of nitrogens with zero attached hydrogens (tertiary/aromatic N) is 1. The van der Waals surface area contributed by atoms with E-state index in [1.165, 1.54) is 18.1 Å². The largest absolute Gasteiger partial charge is 0.480 e. The fourth-order valence-corrected chi connectivity index (χ4v) is 2.54. The maximum absolute atomic E-state index is 12.6. The van der Waals surface area contributed by atoms with Crippen LogP contribution in [0.25, 0.3) is 0 Å². The minimum absolute atomic E-state index is 0.161. The van der Waals surface area contributed by atoms with E-state index in [1.807, 2.05) is 0 Å².